The van der Waals surface area contributed by atoms with Crippen LogP contribution < -0.4 is 5.84 Å². The van der Waals surface area contributed by atoms with Gasteiger partial charge < -0.3 is 9.47 Å². The summed E-state index contributed by atoms with van der Waals surface area (Å²) in [7, 11) is 0. The fourth-order valence-electron chi connectivity index (χ4n) is 1.71. The van der Waals surface area contributed by atoms with Crippen molar-refractivity contribution in [2.24, 2.45) is 5.84 Å². The second kappa shape index (κ2) is 4.12. The Bertz CT molecular complexity index is 218. The van der Waals surface area contributed by atoms with Crippen molar-refractivity contribution in [2.45, 2.75) is 6.10 Å². The first-order valence-electron chi connectivity index (χ1n) is 4.78. The van der Waals surface area contributed by atoms with Crippen molar-refractivity contribution in [1.29, 1.82) is 0 Å². The molecule has 80 valence electrons. The number of amides is 1. The molecule has 6 heteroatoms. The average Bonchev–Trinajstić information content (AvgIpc) is 2.47. The number of rotatable bonds is 2. The highest BCUT2D eigenvalue weighted by molar-refractivity contribution is 5.69. The van der Waals surface area contributed by atoms with Crippen LogP contribution in [0.2, 0.25) is 0 Å². The van der Waals surface area contributed by atoms with Gasteiger partial charge in [0.2, 0.25) is 0 Å². The van der Waals surface area contributed by atoms with Crippen LogP contribution in [0.25, 0.3) is 0 Å². The van der Waals surface area contributed by atoms with Gasteiger partial charge in [0.1, 0.15) is 6.10 Å². The molecule has 0 saturated carbocycles. The van der Waals surface area contributed by atoms with Crippen LogP contribution in [0, 0.1) is 0 Å². The summed E-state index contributed by atoms with van der Waals surface area (Å²) >= 11 is 0. The van der Waals surface area contributed by atoms with Crippen molar-refractivity contribution < 1.29 is 14.3 Å². The van der Waals surface area contributed by atoms with Gasteiger partial charge in [-0.3, -0.25) is 4.90 Å². The number of nitrogens with two attached hydrogens (primary N) is 1. The molecule has 0 aromatic heterocycles. The van der Waals surface area contributed by atoms with Gasteiger partial charge in [0.05, 0.1) is 19.8 Å². The van der Waals surface area contributed by atoms with Gasteiger partial charge in [0.15, 0.2) is 0 Å². The van der Waals surface area contributed by atoms with E-state index in [1.54, 1.807) is 0 Å². The molecule has 0 spiro atoms. The van der Waals surface area contributed by atoms with E-state index in [4.69, 9.17) is 15.3 Å². The van der Waals surface area contributed by atoms with Crippen LogP contribution in [-0.4, -0.2) is 61.5 Å². The van der Waals surface area contributed by atoms with Gasteiger partial charge in [-0.05, 0) is 0 Å². The molecular formula is C8H15N3O3. The van der Waals surface area contributed by atoms with Crippen LogP contribution in [0.3, 0.4) is 0 Å². The van der Waals surface area contributed by atoms with E-state index in [0.717, 1.165) is 37.9 Å². The Balaban J connectivity index is 1.77. The van der Waals surface area contributed by atoms with E-state index in [9.17, 15) is 4.79 Å². The normalized spacial score (nSPS) is 29.4. The highest BCUT2D eigenvalue weighted by Gasteiger charge is 2.30. The summed E-state index contributed by atoms with van der Waals surface area (Å²) < 4.78 is 10.3. The third-order valence-electron chi connectivity index (χ3n) is 2.47. The standard InChI is InChI=1S/C8H15N3O3/c9-11-6-7(14-8(11)12)5-10-1-3-13-4-2-10/h7H,1-6,9H2/t7-/m0/s1. The second-order valence-electron chi connectivity index (χ2n) is 3.57. The van der Waals surface area contributed by atoms with Crippen LogP contribution in [0.4, 0.5) is 4.79 Å². The van der Waals surface area contributed by atoms with E-state index < -0.39 is 6.09 Å². The van der Waals surface area contributed by atoms with Gasteiger partial charge in [0, 0.05) is 19.6 Å². The molecule has 0 unspecified atom stereocenters. The number of nitrogens with zero attached hydrogens (tertiary/aromatic N) is 2. The van der Waals surface area contributed by atoms with E-state index >= 15 is 0 Å². The lowest BCUT2D eigenvalue weighted by Crippen LogP contribution is -2.42. The lowest BCUT2D eigenvalue weighted by Gasteiger charge is -2.27. The summed E-state index contributed by atoms with van der Waals surface area (Å²) in [6.07, 6.45) is -0.520. The monoisotopic (exact) mass is 201 g/mol. The Morgan fingerprint density at radius 3 is 2.71 bits per heavy atom. The third kappa shape index (κ3) is 2.14. The molecule has 2 aliphatic rings. The molecule has 2 saturated heterocycles. The average molecular weight is 201 g/mol. The number of ether oxygens (including phenoxy) is 2. The summed E-state index contributed by atoms with van der Waals surface area (Å²) in [5.41, 5.74) is 0. The molecule has 0 radical (unpaired) electrons. The first kappa shape index (κ1) is 9.70. The number of hydrogen-bond acceptors (Lipinski definition) is 5. The summed E-state index contributed by atoms with van der Waals surface area (Å²) in [6.45, 7) is 4.55. The Hall–Kier alpha value is -0.850. The van der Waals surface area contributed by atoms with E-state index in [1.165, 1.54) is 0 Å². The molecule has 0 aliphatic carbocycles. The molecule has 0 bridgehead atoms. The van der Waals surface area contributed by atoms with Gasteiger partial charge in [-0.25, -0.2) is 15.6 Å². The Morgan fingerprint density at radius 1 is 1.43 bits per heavy atom. The smallest absolute Gasteiger partial charge is 0.424 e. The summed E-state index contributed by atoms with van der Waals surface area (Å²) in [6, 6.07) is 0. The van der Waals surface area contributed by atoms with Crippen LogP contribution in [0.5, 0.6) is 0 Å². The van der Waals surface area contributed by atoms with Gasteiger partial charge in [-0.2, -0.15) is 0 Å². The van der Waals surface area contributed by atoms with E-state index in [-0.39, 0.29) is 6.10 Å². The maximum atomic E-state index is 11.0. The molecule has 14 heavy (non-hydrogen) atoms. The minimum atomic E-state index is -0.428. The molecule has 0 aromatic carbocycles. The zero-order chi connectivity index (χ0) is 9.97. The van der Waals surface area contributed by atoms with Crippen LogP contribution in [0.15, 0.2) is 0 Å². The quantitative estimate of drug-likeness (QED) is 0.459. The lowest BCUT2D eigenvalue weighted by atomic mass is 10.3. The van der Waals surface area contributed by atoms with Crippen molar-refractivity contribution in [3.05, 3.63) is 0 Å². The molecule has 2 heterocycles. The van der Waals surface area contributed by atoms with Crippen molar-refractivity contribution in [1.82, 2.24) is 9.91 Å². The van der Waals surface area contributed by atoms with Gasteiger partial charge in [-0.15, -0.1) is 0 Å². The van der Waals surface area contributed by atoms with Crippen molar-refractivity contribution in [3.8, 4) is 0 Å². The first-order chi connectivity index (χ1) is 6.75. The zero-order valence-corrected chi connectivity index (χ0v) is 8.02. The van der Waals surface area contributed by atoms with Crippen molar-refractivity contribution in [3.63, 3.8) is 0 Å². The van der Waals surface area contributed by atoms with Crippen molar-refractivity contribution in [2.75, 3.05) is 39.4 Å². The van der Waals surface area contributed by atoms with E-state index in [0.29, 0.717) is 6.54 Å². The molecule has 1 atom stereocenters. The molecular weight excluding hydrogens is 186 g/mol. The minimum absolute atomic E-state index is 0.0920. The molecule has 2 N–H and O–H groups in total. The summed E-state index contributed by atoms with van der Waals surface area (Å²) in [5.74, 6) is 5.39. The zero-order valence-electron chi connectivity index (χ0n) is 8.02. The van der Waals surface area contributed by atoms with Crippen LogP contribution >= 0.6 is 0 Å². The number of morpholine rings is 1. The molecule has 2 fully saturated rings. The fourth-order valence-corrected chi connectivity index (χ4v) is 1.71. The predicted octanol–water partition coefficient (Wildman–Crippen LogP) is -0.987. The number of hydrogen-bond donors (Lipinski definition) is 1. The second-order valence-corrected chi connectivity index (χ2v) is 3.57. The largest absolute Gasteiger partial charge is 0.442 e. The Kier molecular flexibility index (Phi) is 2.85. The van der Waals surface area contributed by atoms with Gasteiger partial charge in [-0.1, -0.05) is 0 Å². The minimum Gasteiger partial charge on any atom is -0.442 e. The Labute approximate surface area is 82.5 Å². The molecule has 2 rings (SSSR count). The SMILES string of the molecule is NN1C[C@H](CN2CCOCC2)OC1=O. The number of carbonyl (C=O) groups is 1. The third-order valence-corrected chi connectivity index (χ3v) is 2.47. The fraction of sp³-hybridized carbons (Fsp3) is 0.875. The summed E-state index contributed by atoms with van der Waals surface area (Å²) in [4.78, 5) is 13.2. The van der Waals surface area contributed by atoms with E-state index in [2.05, 4.69) is 4.90 Å². The topological polar surface area (TPSA) is 68.0 Å². The number of hydrazine groups is 1. The molecule has 0 aromatic rings. The maximum Gasteiger partial charge on any atom is 0.424 e. The molecule has 1 amide bonds. The predicted molar refractivity (Wildman–Crippen MR) is 48.4 cm³/mol. The number of carbonyl (C=O) groups excluding carboxylic acids is 1. The lowest BCUT2D eigenvalue weighted by molar-refractivity contribution is 0.0188. The number of cyclic esters (lactones) is 1. The molecule has 2 aliphatic heterocycles. The Morgan fingerprint density at radius 2 is 2.14 bits per heavy atom. The summed E-state index contributed by atoms with van der Waals surface area (Å²) in [5, 5.41) is 1.12. The van der Waals surface area contributed by atoms with Crippen LogP contribution in [-0.2, 0) is 9.47 Å². The highest BCUT2D eigenvalue weighted by atomic mass is 16.6. The maximum absolute atomic E-state index is 11.0. The van der Waals surface area contributed by atoms with Crippen molar-refractivity contribution >= 4 is 6.09 Å². The van der Waals surface area contributed by atoms with E-state index in [1.807, 2.05) is 0 Å². The highest BCUT2D eigenvalue weighted by Crippen LogP contribution is 2.09. The van der Waals surface area contributed by atoms with Gasteiger partial charge >= 0.3 is 6.09 Å². The van der Waals surface area contributed by atoms with Crippen LogP contribution in [0.1, 0.15) is 0 Å². The molecule has 6 nitrogen and oxygen atoms in total. The first-order valence-corrected chi connectivity index (χ1v) is 4.78. The van der Waals surface area contributed by atoms with Gasteiger partial charge in [0.25, 0.3) is 0 Å².